The van der Waals surface area contributed by atoms with E-state index in [0.29, 0.717) is 6.42 Å². The van der Waals surface area contributed by atoms with Gasteiger partial charge in [0.25, 0.3) is 0 Å². The van der Waals surface area contributed by atoms with Crippen LogP contribution in [0.2, 0.25) is 0 Å². The molecule has 1 aliphatic rings. The molecule has 1 N–H and O–H groups in total. The van der Waals surface area contributed by atoms with Gasteiger partial charge < -0.3 is 4.42 Å². The fourth-order valence-corrected chi connectivity index (χ4v) is 4.29. The fraction of sp³-hybridized carbons (Fsp3) is 0.333. The molecule has 2 aromatic rings. The van der Waals surface area contributed by atoms with Gasteiger partial charge in [-0.3, -0.25) is 5.32 Å². The molecule has 2 heterocycles. The van der Waals surface area contributed by atoms with Crippen LogP contribution in [-0.2, 0) is 9.84 Å². The molecule has 106 valence electrons. The van der Waals surface area contributed by atoms with Crippen molar-refractivity contribution in [1.82, 2.24) is 5.32 Å². The van der Waals surface area contributed by atoms with E-state index in [0.717, 1.165) is 11.3 Å². The van der Waals surface area contributed by atoms with Crippen molar-refractivity contribution in [1.29, 1.82) is 0 Å². The predicted molar refractivity (Wildman–Crippen MR) is 77.2 cm³/mol. The minimum Gasteiger partial charge on any atom is -0.467 e. The van der Waals surface area contributed by atoms with E-state index in [1.165, 1.54) is 0 Å². The maximum absolute atomic E-state index is 11.6. The zero-order chi connectivity index (χ0) is 14.0. The van der Waals surface area contributed by atoms with E-state index in [1.807, 2.05) is 42.5 Å². The number of hydrogen-bond acceptors (Lipinski definition) is 4. The molecule has 0 saturated carbocycles. The molecule has 0 aliphatic carbocycles. The van der Waals surface area contributed by atoms with Crippen molar-refractivity contribution < 1.29 is 12.8 Å². The summed E-state index contributed by atoms with van der Waals surface area (Å²) < 4.78 is 28.7. The van der Waals surface area contributed by atoms with Crippen molar-refractivity contribution in [2.24, 2.45) is 0 Å². The van der Waals surface area contributed by atoms with Crippen molar-refractivity contribution in [3.63, 3.8) is 0 Å². The number of sulfone groups is 1. The molecule has 1 aliphatic heterocycles. The number of hydrogen-bond donors (Lipinski definition) is 1. The summed E-state index contributed by atoms with van der Waals surface area (Å²) in [5.74, 6) is 1.28. The molecule has 1 aromatic heterocycles. The molecule has 5 heteroatoms. The quantitative estimate of drug-likeness (QED) is 0.937. The summed E-state index contributed by atoms with van der Waals surface area (Å²) in [5, 5.41) is 3.42. The summed E-state index contributed by atoms with van der Waals surface area (Å²) in [4.78, 5) is 0. The van der Waals surface area contributed by atoms with E-state index in [4.69, 9.17) is 4.42 Å². The predicted octanol–water partition coefficient (Wildman–Crippen LogP) is 2.15. The van der Waals surface area contributed by atoms with Crippen molar-refractivity contribution >= 4 is 9.84 Å². The molecule has 3 rings (SSSR count). The van der Waals surface area contributed by atoms with Gasteiger partial charge in [0.05, 0.1) is 23.8 Å². The molecule has 1 fully saturated rings. The Balaban J connectivity index is 1.84. The highest BCUT2D eigenvalue weighted by Gasteiger charge is 2.30. The van der Waals surface area contributed by atoms with Crippen molar-refractivity contribution in [3.05, 3.63) is 60.1 Å². The molecule has 2 atom stereocenters. The summed E-state index contributed by atoms with van der Waals surface area (Å²) in [6.45, 7) is 0. The molecule has 2 unspecified atom stereocenters. The molecule has 0 bridgehead atoms. The first-order valence-corrected chi connectivity index (χ1v) is 8.51. The second-order valence-corrected chi connectivity index (χ2v) is 7.35. The van der Waals surface area contributed by atoms with Crippen LogP contribution in [0.5, 0.6) is 0 Å². The Hall–Kier alpha value is -1.59. The van der Waals surface area contributed by atoms with E-state index in [9.17, 15) is 8.42 Å². The second kappa shape index (κ2) is 5.42. The molecule has 0 spiro atoms. The molecule has 20 heavy (non-hydrogen) atoms. The highest BCUT2D eigenvalue weighted by molar-refractivity contribution is 7.91. The van der Waals surface area contributed by atoms with Crippen LogP contribution >= 0.6 is 0 Å². The average Bonchev–Trinajstić information content (AvgIpc) is 3.06. The Labute approximate surface area is 118 Å². The topological polar surface area (TPSA) is 59.3 Å². The van der Waals surface area contributed by atoms with Crippen LogP contribution in [0.3, 0.4) is 0 Å². The van der Waals surface area contributed by atoms with Gasteiger partial charge in [0.15, 0.2) is 9.84 Å². The maximum Gasteiger partial charge on any atom is 0.151 e. The molecule has 4 nitrogen and oxygen atoms in total. The molecule has 0 radical (unpaired) electrons. The number of nitrogens with one attached hydrogen (secondary N) is 1. The molecule has 0 amide bonds. The third-order valence-corrected chi connectivity index (χ3v) is 5.36. The van der Waals surface area contributed by atoms with Crippen molar-refractivity contribution in [2.75, 3.05) is 11.5 Å². The van der Waals surface area contributed by atoms with E-state index in [1.54, 1.807) is 6.26 Å². The Morgan fingerprint density at radius 3 is 2.55 bits per heavy atom. The van der Waals surface area contributed by atoms with Gasteiger partial charge >= 0.3 is 0 Å². The Bertz CT molecular complexity index is 650. The van der Waals surface area contributed by atoms with E-state index >= 15 is 0 Å². The summed E-state index contributed by atoms with van der Waals surface area (Å²) in [6, 6.07) is 13.6. The monoisotopic (exact) mass is 291 g/mol. The molecular formula is C15H17NO3S. The van der Waals surface area contributed by atoms with Gasteiger partial charge in [0, 0.05) is 6.04 Å². The lowest BCUT2D eigenvalue weighted by atomic mass is 10.0. The Kier molecular flexibility index (Phi) is 3.63. The Morgan fingerprint density at radius 1 is 1.15 bits per heavy atom. The first-order valence-electron chi connectivity index (χ1n) is 6.69. The van der Waals surface area contributed by atoms with Crippen LogP contribution in [0.1, 0.15) is 23.8 Å². The molecule has 1 saturated heterocycles. The van der Waals surface area contributed by atoms with Gasteiger partial charge in [-0.05, 0) is 24.1 Å². The number of furan rings is 1. The van der Waals surface area contributed by atoms with E-state index in [2.05, 4.69) is 5.32 Å². The third kappa shape index (κ3) is 2.94. The maximum atomic E-state index is 11.6. The van der Waals surface area contributed by atoms with Crippen LogP contribution in [0.15, 0.2) is 53.1 Å². The molecule has 1 aromatic carbocycles. The summed E-state index contributed by atoms with van der Waals surface area (Å²) in [7, 11) is -2.89. The van der Waals surface area contributed by atoms with Gasteiger partial charge in [0.2, 0.25) is 0 Å². The zero-order valence-corrected chi connectivity index (χ0v) is 11.8. The van der Waals surface area contributed by atoms with Gasteiger partial charge in [0.1, 0.15) is 5.76 Å². The summed E-state index contributed by atoms with van der Waals surface area (Å²) >= 11 is 0. The second-order valence-electron chi connectivity index (χ2n) is 5.13. The average molecular weight is 291 g/mol. The normalized spacial score (nSPS) is 22.7. The number of rotatable bonds is 4. The smallest absolute Gasteiger partial charge is 0.151 e. The summed E-state index contributed by atoms with van der Waals surface area (Å²) in [6.07, 6.45) is 2.30. The lowest BCUT2D eigenvalue weighted by molar-refractivity contribution is 0.416. The lowest BCUT2D eigenvalue weighted by Gasteiger charge is -2.21. The SMILES string of the molecule is O=S1(=O)CCC(NC(c2ccccc2)c2ccco2)C1. The van der Waals surface area contributed by atoms with Crippen LogP contribution in [0.25, 0.3) is 0 Å². The largest absolute Gasteiger partial charge is 0.467 e. The van der Waals surface area contributed by atoms with Gasteiger partial charge in [-0.25, -0.2) is 8.42 Å². The van der Waals surface area contributed by atoms with Gasteiger partial charge in [-0.15, -0.1) is 0 Å². The highest BCUT2D eigenvalue weighted by atomic mass is 32.2. The van der Waals surface area contributed by atoms with Crippen LogP contribution in [0, 0.1) is 0 Å². The Morgan fingerprint density at radius 2 is 1.95 bits per heavy atom. The molecular weight excluding hydrogens is 274 g/mol. The van der Waals surface area contributed by atoms with E-state index < -0.39 is 9.84 Å². The zero-order valence-electron chi connectivity index (χ0n) is 11.0. The van der Waals surface area contributed by atoms with Crippen molar-refractivity contribution in [2.45, 2.75) is 18.5 Å². The summed E-state index contributed by atoms with van der Waals surface area (Å²) in [5.41, 5.74) is 1.08. The van der Waals surface area contributed by atoms with Crippen LogP contribution in [-0.4, -0.2) is 26.0 Å². The van der Waals surface area contributed by atoms with Crippen LogP contribution in [0.4, 0.5) is 0 Å². The number of benzene rings is 1. The fourth-order valence-electron chi connectivity index (χ4n) is 2.61. The van der Waals surface area contributed by atoms with E-state index in [-0.39, 0.29) is 23.6 Å². The minimum absolute atomic E-state index is 0.0182. The first kappa shape index (κ1) is 13.4. The standard InChI is InChI=1S/C15H17NO3S/c17-20(18)10-8-13(11-20)16-15(14-7-4-9-19-14)12-5-2-1-3-6-12/h1-7,9,13,15-16H,8,10-11H2. The third-order valence-electron chi connectivity index (χ3n) is 3.60. The van der Waals surface area contributed by atoms with Crippen LogP contribution < -0.4 is 5.32 Å². The minimum atomic E-state index is -2.89. The first-order chi connectivity index (χ1) is 9.64. The lowest BCUT2D eigenvalue weighted by Crippen LogP contribution is -2.34. The van der Waals surface area contributed by atoms with Gasteiger partial charge in [-0.1, -0.05) is 30.3 Å². The van der Waals surface area contributed by atoms with Crippen molar-refractivity contribution in [3.8, 4) is 0 Å². The van der Waals surface area contributed by atoms with Gasteiger partial charge in [-0.2, -0.15) is 0 Å². The highest BCUT2D eigenvalue weighted by Crippen LogP contribution is 2.25.